The lowest BCUT2D eigenvalue weighted by molar-refractivity contribution is 0.0933. The van der Waals surface area contributed by atoms with Crippen molar-refractivity contribution in [2.45, 2.75) is 25.8 Å². The summed E-state index contributed by atoms with van der Waals surface area (Å²) in [5, 5.41) is 0. The van der Waals surface area contributed by atoms with Crippen LogP contribution in [0.2, 0.25) is 0 Å². The number of carbonyl (C=O) groups is 1. The van der Waals surface area contributed by atoms with Gasteiger partial charge in [0, 0.05) is 11.6 Å². The number of hydrogen-bond acceptors (Lipinski definition) is 2. The molecule has 1 heterocycles. The lowest BCUT2D eigenvalue weighted by Gasteiger charge is -2.29. The fourth-order valence-electron chi connectivity index (χ4n) is 1.95. The van der Waals surface area contributed by atoms with Gasteiger partial charge in [0.1, 0.15) is 0 Å². The molecule has 16 heavy (non-hydrogen) atoms. The standard InChI is InChI=1S/C14H17NO/c1-12-7-5-6-10-15(12)11-14(16)13-8-3-2-4-9-13/h2-4,6,8-10,12H,5,7,11H2,1H3. The Morgan fingerprint density at radius 1 is 1.38 bits per heavy atom. The van der Waals surface area contributed by atoms with E-state index in [9.17, 15) is 4.79 Å². The van der Waals surface area contributed by atoms with E-state index in [1.54, 1.807) is 0 Å². The molecule has 0 saturated heterocycles. The molecular weight excluding hydrogens is 198 g/mol. The van der Waals surface area contributed by atoms with E-state index in [2.05, 4.69) is 24.1 Å². The fourth-order valence-corrected chi connectivity index (χ4v) is 1.95. The number of allylic oxidation sites excluding steroid dienone is 1. The molecule has 0 N–H and O–H groups in total. The largest absolute Gasteiger partial charge is 0.367 e. The predicted octanol–water partition coefficient (Wildman–Crippen LogP) is 2.87. The van der Waals surface area contributed by atoms with E-state index in [4.69, 9.17) is 0 Å². The molecule has 2 nitrogen and oxygen atoms in total. The van der Waals surface area contributed by atoms with Crippen LogP contribution in [0.1, 0.15) is 30.1 Å². The molecule has 1 aromatic rings. The third kappa shape index (κ3) is 2.51. The van der Waals surface area contributed by atoms with E-state index in [-0.39, 0.29) is 5.78 Å². The Morgan fingerprint density at radius 2 is 2.12 bits per heavy atom. The highest BCUT2D eigenvalue weighted by Gasteiger charge is 2.16. The minimum absolute atomic E-state index is 0.194. The van der Waals surface area contributed by atoms with Crippen LogP contribution < -0.4 is 0 Å². The summed E-state index contributed by atoms with van der Waals surface area (Å²) in [6.45, 7) is 2.66. The van der Waals surface area contributed by atoms with Gasteiger partial charge in [-0.25, -0.2) is 0 Å². The number of rotatable bonds is 3. The van der Waals surface area contributed by atoms with E-state index in [1.165, 1.54) is 0 Å². The van der Waals surface area contributed by atoms with Crippen molar-refractivity contribution in [1.29, 1.82) is 0 Å². The van der Waals surface area contributed by atoms with Crippen LogP contribution in [0.4, 0.5) is 0 Å². The Labute approximate surface area is 96.6 Å². The molecule has 1 atom stereocenters. The van der Waals surface area contributed by atoms with Gasteiger partial charge >= 0.3 is 0 Å². The van der Waals surface area contributed by atoms with Crippen molar-refractivity contribution in [2.24, 2.45) is 0 Å². The summed E-state index contributed by atoms with van der Waals surface area (Å²) in [6.07, 6.45) is 6.45. The topological polar surface area (TPSA) is 20.3 Å². The number of nitrogens with zero attached hydrogens (tertiary/aromatic N) is 1. The summed E-state index contributed by atoms with van der Waals surface area (Å²) in [6, 6.07) is 9.96. The van der Waals surface area contributed by atoms with Crippen LogP contribution in [0.25, 0.3) is 0 Å². The monoisotopic (exact) mass is 215 g/mol. The van der Waals surface area contributed by atoms with Crippen LogP contribution in [0, 0.1) is 0 Å². The maximum absolute atomic E-state index is 12.0. The molecule has 84 valence electrons. The Bertz CT molecular complexity index is 383. The van der Waals surface area contributed by atoms with Crippen LogP contribution >= 0.6 is 0 Å². The van der Waals surface area contributed by atoms with E-state index >= 15 is 0 Å². The van der Waals surface area contributed by atoms with Crippen molar-refractivity contribution in [2.75, 3.05) is 6.54 Å². The first kappa shape index (κ1) is 10.9. The highest BCUT2D eigenvalue weighted by molar-refractivity contribution is 5.97. The minimum atomic E-state index is 0.194. The highest BCUT2D eigenvalue weighted by Crippen LogP contribution is 2.14. The summed E-state index contributed by atoms with van der Waals surface area (Å²) >= 11 is 0. The molecule has 0 aromatic heterocycles. The molecule has 0 aliphatic carbocycles. The summed E-state index contributed by atoms with van der Waals surface area (Å²) in [4.78, 5) is 14.1. The van der Waals surface area contributed by atoms with E-state index in [1.807, 2.05) is 30.3 Å². The summed E-state index contributed by atoms with van der Waals surface area (Å²) in [7, 11) is 0. The van der Waals surface area contributed by atoms with Crippen molar-refractivity contribution in [1.82, 2.24) is 4.90 Å². The molecule has 1 aliphatic rings. The Hall–Kier alpha value is -1.57. The number of Topliss-reactive ketones (excluding diaryl/α,β-unsaturated/α-hetero) is 1. The van der Waals surface area contributed by atoms with Crippen LogP contribution in [-0.2, 0) is 0 Å². The summed E-state index contributed by atoms with van der Waals surface area (Å²) < 4.78 is 0. The average molecular weight is 215 g/mol. The number of hydrogen-bond donors (Lipinski definition) is 0. The molecule has 1 aliphatic heterocycles. The lowest BCUT2D eigenvalue weighted by atomic mass is 10.1. The van der Waals surface area contributed by atoms with Gasteiger partial charge in [0.15, 0.2) is 5.78 Å². The molecule has 0 saturated carbocycles. The first-order valence-electron chi connectivity index (χ1n) is 5.78. The molecule has 2 heteroatoms. The van der Waals surface area contributed by atoms with E-state index in [0.29, 0.717) is 12.6 Å². The van der Waals surface area contributed by atoms with Gasteiger partial charge in [-0.2, -0.15) is 0 Å². The van der Waals surface area contributed by atoms with Gasteiger partial charge in [0.25, 0.3) is 0 Å². The Morgan fingerprint density at radius 3 is 2.81 bits per heavy atom. The van der Waals surface area contributed by atoms with Gasteiger partial charge in [-0.15, -0.1) is 0 Å². The van der Waals surface area contributed by atoms with E-state index < -0.39 is 0 Å². The minimum Gasteiger partial charge on any atom is -0.367 e. The molecule has 2 rings (SSSR count). The van der Waals surface area contributed by atoms with Crippen molar-refractivity contribution in [3.63, 3.8) is 0 Å². The highest BCUT2D eigenvalue weighted by atomic mass is 16.1. The third-order valence-corrected chi connectivity index (χ3v) is 3.04. The van der Waals surface area contributed by atoms with E-state index in [0.717, 1.165) is 18.4 Å². The normalized spacial score (nSPS) is 19.8. The molecular formula is C14H17NO. The fraction of sp³-hybridized carbons (Fsp3) is 0.357. The number of ketones is 1. The van der Waals surface area contributed by atoms with Gasteiger partial charge in [0.05, 0.1) is 6.54 Å². The van der Waals surface area contributed by atoms with Crippen LogP contribution in [-0.4, -0.2) is 23.3 Å². The van der Waals surface area contributed by atoms with Crippen LogP contribution in [0.15, 0.2) is 42.6 Å². The van der Waals surface area contributed by atoms with Crippen molar-refractivity contribution in [3.8, 4) is 0 Å². The quantitative estimate of drug-likeness (QED) is 0.723. The maximum atomic E-state index is 12.0. The first-order chi connectivity index (χ1) is 7.77. The van der Waals surface area contributed by atoms with Crippen molar-refractivity contribution in [3.05, 3.63) is 48.2 Å². The van der Waals surface area contributed by atoms with Crippen LogP contribution in [0.5, 0.6) is 0 Å². The molecule has 1 aromatic carbocycles. The zero-order chi connectivity index (χ0) is 11.4. The molecule has 0 radical (unpaired) electrons. The van der Waals surface area contributed by atoms with Gasteiger partial charge in [0.2, 0.25) is 0 Å². The second kappa shape index (κ2) is 4.97. The molecule has 0 fully saturated rings. The zero-order valence-corrected chi connectivity index (χ0v) is 9.60. The van der Waals surface area contributed by atoms with Gasteiger partial charge < -0.3 is 4.90 Å². The molecule has 1 unspecified atom stereocenters. The lowest BCUT2D eigenvalue weighted by Crippen LogP contribution is -2.34. The third-order valence-electron chi connectivity index (χ3n) is 3.04. The first-order valence-corrected chi connectivity index (χ1v) is 5.78. The summed E-state index contributed by atoms with van der Waals surface area (Å²) in [5.74, 6) is 0.194. The van der Waals surface area contributed by atoms with Crippen molar-refractivity contribution < 1.29 is 4.79 Å². The molecule has 0 amide bonds. The van der Waals surface area contributed by atoms with Crippen molar-refractivity contribution >= 4 is 5.78 Å². The molecule has 0 bridgehead atoms. The predicted molar refractivity (Wildman–Crippen MR) is 65.3 cm³/mol. The number of carbonyl (C=O) groups excluding carboxylic acids is 1. The SMILES string of the molecule is CC1CCC=CN1CC(=O)c1ccccc1. The van der Waals surface area contributed by atoms with Gasteiger partial charge in [-0.3, -0.25) is 4.79 Å². The van der Waals surface area contributed by atoms with Gasteiger partial charge in [-0.05, 0) is 26.0 Å². The number of benzene rings is 1. The van der Waals surface area contributed by atoms with Gasteiger partial charge in [-0.1, -0.05) is 36.4 Å². The average Bonchev–Trinajstić information content (AvgIpc) is 2.33. The Balaban J connectivity index is 2.02. The van der Waals surface area contributed by atoms with Crippen LogP contribution in [0.3, 0.4) is 0 Å². The Kier molecular flexibility index (Phi) is 3.40. The molecule has 0 spiro atoms. The smallest absolute Gasteiger partial charge is 0.182 e. The second-order valence-corrected chi connectivity index (χ2v) is 4.27. The second-order valence-electron chi connectivity index (χ2n) is 4.27. The maximum Gasteiger partial charge on any atom is 0.182 e. The summed E-state index contributed by atoms with van der Waals surface area (Å²) in [5.41, 5.74) is 0.800. The zero-order valence-electron chi connectivity index (χ0n) is 9.60.